The summed E-state index contributed by atoms with van der Waals surface area (Å²) in [5.74, 6) is -0.615. The van der Waals surface area contributed by atoms with Gasteiger partial charge in [0.25, 0.3) is 0 Å². The Balaban J connectivity index is 4.57. The Hall–Kier alpha value is -2.44. The Morgan fingerprint density at radius 3 is 1.37 bits per heavy atom. The fraction of sp³-hybridized carbons (Fsp3) is 0.786. The highest BCUT2D eigenvalue weighted by Gasteiger charge is 2.23. The Bertz CT molecular complexity index is 1110. The molecule has 0 bridgehead atoms. The predicted molar refractivity (Wildman–Crippen MR) is 268 cm³/mol. The van der Waals surface area contributed by atoms with Crippen molar-refractivity contribution >= 4 is 11.9 Å². The first-order chi connectivity index (χ1) is 30.5. The number of hydrogen-bond donors (Lipinski definition) is 3. The molecule has 3 N–H and O–H groups in total. The van der Waals surface area contributed by atoms with Crippen LogP contribution in [0.5, 0.6) is 0 Å². The van der Waals surface area contributed by atoms with Crippen LogP contribution in [0.25, 0.3) is 0 Å². The van der Waals surface area contributed by atoms with Crippen molar-refractivity contribution in [2.75, 3.05) is 6.61 Å². The van der Waals surface area contributed by atoms with Gasteiger partial charge in [-0.3, -0.25) is 9.59 Å². The summed E-state index contributed by atoms with van der Waals surface area (Å²) in [7, 11) is 0. The van der Waals surface area contributed by atoms with Gasteiger partial charge in [0.15, 0.2) is 0 Å². The maximum Gasteiger partial charge on any atom is 0.306 e. The quantitative estimate of drug-likeness (QED) is 0.0322. The Morgan fingerprint density at radius 2 is 0.903 bits per heavy atom. The summed E-state index contributed by atoms with van der Waals surface area (Å²) in [5.41, 5.74) is 0. The fourth-order valence-electron chi connectivity index (χ4n) is 7.82. The lowest BCUT2D eigenvalue weighted by molar-refractivity contribution is -0.148. The Kier molecular flexibility index (Phi) is 47.6. The molecule has 360 valence electrons. The monoisotopic (exact) mass is 868 g/mol. The number of carbonyl (C=O) groups excluding carboxylic acids is 2. The molecule has 0 rings (SSSR count). The van der Waals surface area contributed by atoms with E-state index in [1.807, 2.05) is 12.2 Å². The molecule has 0 fully saturated rings. The zero-order valence-electron chi connectivity index (χ0n) is 41.0. The second-order valence-electron chi connectivity index (χ2n) is 17.9. The minimum Gasteiger partial charge on any atom is -0.458 e. The third-order valence-corrected chi connectivity index (χ3v) is 11.8. The van der Waals surface area contributed by atoms with Crippen molar-refractivity contribution in [3.05, 3.63) is 60.8 Å². The molecule has 0 aliphatic carbocycles. The minimum atomic E-state index is -0.814. The third kappa shape index (κ3) is 44.2. The maximum absolute atomic E-state index is 13.2. The lowest BCUT2D eigenvalue weighted by atomic mass is 10.0. The molecule has 6 heteroatoms. The molecule has 0 aliphatic rings. The first kappa shape index (κ1) is 59.6. The van der Waals surface area contributed by atoms with Crippen molar-refractivity contribution in [1.29, 1.82) is 0 Å². The molecule has 0 saturated heterocycles. The number of hydrogen-bond acceptors (Lipinski definition) is 5. The standard InChI is InChI=1S/C56H101NO5/c1-4-7-10-13-16-19-22-24-26-28-30-33-36-39-42-45-48-54(59)53(51-58)57-55(60)50-52(47-44-41-38-35-32-21-18-15-12-9-6-3)62-56(61)49-46-43-40-37-34-31-29-27-25-23-20-17-14-11-8-5-2/h8,11,17,20,25,27,35,38,44,47,52-54,58-59H,4-7,9-10,12-16,18-19,21-24,26,28-34,36-37,39-43,45-46,48-51H2,1-3H3,(H,57,60)/b11-8+,20-17+,27-25+,38-35-,47-44+. The number of esters is 1. The SMILES string of the molecule is CC/C=C/C/C=C/C/C=C/CCCCCCCCC(=O)OC(/C=C/C/C=C\CCCCCCCC)CC(=O)NC(CO)C(O)CCCCCCCCCCCCCCCCCC. The van der Waals surface area contributed by atoms with E-state index in [1.54, 1.807) is 0 Å². The van der Waals surface area contributed by atoms with Crippen LogP contribution in [-0.2, 0) is 14.3 Å². The van der Waals surface area contributed by atoms with Gasteiger partial charge in [-0.15, -0.1) is 0 Å². The largest absolute Gasteiger partial charge is 0.458 e. The van der Waals surface area contributed by atoms with Gasteiger partial charge in [0.1, 0.15) is 6.10 Å². The van der Waals surface area contributed by atoms with Crippen LogP contribution in [0.1, 0.15) is 258 Å². The molecule has 0 aliphatic heterocycles. The van der Waals surface area contributed by atoms with E-state index in [2.05, 4.69) is 74.7 Å². The minimum absolute atomic E-state index is 0.0347. The van der Waals surface area contributed by atoms with E-state index in [0.29, 0.717) is 19.3 Å². The predicted octanol–water partition coefficient (Wildman–Crippen LogP) is 16.0. The summed E-state index contributed by atoms with van der Waals surface area (Å²) >= 11 is 0. The molecule has 62 heavy (non-hydrogen) atoms. The van der Waals surface area contributed by atoms with Gasteiger partial charge in [0.05, 0.1) is 25.2 Å². The maximum atomic E-state index is 13.2. The molecule has 6 nitrogen and oxygen atoms in total. The summed E-state index contributed by atoms with van der Waals surface area (Å²) in [6, 6.07) is -0.736. The van der Waals surface area contributed by atoms with Crippen LogP contribution < -0.4 is 5.32 Å². The van der Waals surface area contributed by atoms with Gasteiger partial charge >= 0.3 is 5.97 Å². The number of carbonyl (C=O) groups is 2. The molecular weight excluding hydrogens is 767 g/mol. The molecule has 3 atom stereocenters. The van der Waals surface area contributed by atoms with E-state index in [4.69, 9.17) is 4.74 Å². The van der Waals surface area contributed by atoms with Crippen LogP contribution in [-0.4, -0.2) is 46.9 Å². The van der Waals surface area contributed by atoms with Gasteiger partial charge in [-0.1, -0.05) is 236 Å². The van der Waals surface area contributed by atoms with Crippen molar-refractivity contribution in [1.82, 2.24) is 5.32 Å². The number of ether oxygens (including phenoxy) is 1. The third-order valence-electron chi connectivity index (χ3n) is 11.8. The zero-order valence-corrected chi connectivity index (χ0v) is 41.0. The molecule has 0 aromatic rings. The van der Waals surface area contributed by atoms with Crippen molar-refractivity contribution in [3.8, 4) is 0 Å². The molecule has 1 amide bonds. The number of allylic oxidation sites excluding steroid dienone is 9. The van der Waals surface area contributed by atoms with Gasteiger partial charge in [-0.2, -0.15) is 0 Å². The highest BCUT2D eigenvalue weighted by atomic mass is 16.5. The Labute approximate surface area is 384 Å². The Morgan fingerprint density at radius 1 is 0.500 bits per heavy atom. The van der Waals surface area contributed by atoms with Gasteiger partial charge < -0.3 is 20.3 Å². The molecule has 0 spiro atoms. The van der Waals surface area contributed by atoms with E-state index in [0.717, 1.165) is 70.6 Å². The fourth-order valence-corrected chi connectivity index (χ4v) is 7.82. The van der Waals surface area contributed by atoms with Crippen LogP contribution in [0, 0.1) is 0 Å². The summed E-state index contributed by atoms with van der Waals surface area (Å²) in [6.45, 7) is 6.34. The zero-order chi connectivity index (χ0) is 45.2. The van der Waals surface area contributed by atoms with E-state index in [-0.39, 0.29) is 24.9 Å². The summed E-state index contributed by atoms with van der Waals surface area (Å²) in [6.07, 6.45) is 61.7. The van der Waals surface area contributed by atoms with Gasteiger partial charge in [-0.25, -0.2) is 0 Å². The number of aliphatic hydroxyl groups excluding tert-OH is 2. The highest BCUT2D eigenvalue weighted by Crippen LogP contribution is 2.16. The van der Waals surface area contributed by atoms with Gasteiger partial charge in [-0.05, 0) is 70.3 Å². The number of nitrogens with one attached hydrogen (secondary N) is 1. The van der Waals surface area contributed by atoms with Crippen LogP contribution in [0.2, 0.25) is 0 Å². The van der Waals surface area contributed by atoms with Crippen molar-refractivity contribution in [2.24, 2.45) is 0 Å². The molecule has 0 aromatic heterocycles. The molecule has 0 saturated carbocycles. The number of aliphatic hydroxyl groups is 2. The number of rotatable bonds is 47. The van der Waals surface area contributed by atoms with Crippen LogP contribution in [0.3, 0.4) is 0 Å². The van der Waals surface area contributed by atoms with Crippen molar-refractivity contribution < 1.29 is 24.5 Å². The van der Waals surface area contributed by atoms with Crippen LogP contribution >= 0.6 is 0 Å². The second-order valence-corrected chi connectivity index (χ2v) is 17.9. The summed E-state index contributed by atoms with van der Waals surface area (Å²) in [5, 5.41) is 23.7. The summed E-state index contributed by atoms with van der Waals surface area (Å²) < 4.78 is 5.83. The lowest BCUT2D eigenvalue weighted by Gasteiger charge is -2.23. The highest BCUT2D eigenvalue weighted by molar-refractivity contribution is 5.78. The van der Waals surface area contributed by atoms with Gasteiger partial charge in [0, 0.05) is 6.42 Å². The van der Waals surface area contributed by atoms with Crippen LogP contribution in [0.4, 0.5) is 0 Å². The van der Waals surface area contributed by atoms with E-state index in [1.165, 1.54) is 141 Å². The topological polar surface area (TPSA) is 95.9 Å². The first-order valence-corrected chi connectivity index (χ1v) is 26.5. The normalized spacial score (nSPS) is 13.7. The average Bonchev–Trinajstić information content (AvgIpc) is 3.26. The van der Waals surface area contributed by atoms with E-state index < -0.39 is 18.2 Å². The average molecular weight is 868 g/mol. The lowest BCUT2D eigenvalue weighted by Crippen LogP contribution is -2.46. The van der Waals surface area contributed by atoms with E-state index >= 15 is 0 Å². The van der Waals surface area contributed by atoms with E-state index in [9.17, 15) is 19.8 Å². The molecule has 0 heterocycles. The number of amides is 1. The second kappa shape index (κ2) is 49.6. The molecule has 0 aromatic carbocycles. The van der Waals surface area contributed by atoms with Gasteiger partial charge in [0.2, 0.25) is 5.91 Å². The number of unbranched alkanes of at least 4 members (excludes halogenated alkanes) is 27. The molecule has 3 unspecified atom stereocenters. The summed E-state index contributed by atoms with van der Waals surface area (Å²) in [4.78, 5) is 26.1. The first-order valence-electron chi connectivity index (χ1n) is 26.5. The molecule has 0 radical (unpaired) electrons. The van der Waals surface area contributed by atoms with Crippen molar-refractivity contribution in [2.45, 2.75) is 277 Å². The van der Waals surface area contributed by atoms with Crippen molar-refractivity contribution in [3.63, 3.8) is 0 Å². The van der Waals surface area contributed by atoms with Crippen LogP contribution in [0.15, 0.2) is 60.8 Å². The smallest absolute Gasteiger partial charge is 0.306 e. The molecular formula is C56H101NO5.